The third-order valence-electron chi connectivity index (χ3n) is 1.91. The van der Waals surface area contributed by atoms with Gasteiger partial charge in [-0.05, 0) is 24.9 Å². The van der Waals surface area contributed by atoms with Crippen LogP contribution in [-0.4, -0.2) is 30.3 Å². The lowest BCUT2D eigenvalue weighted by molar-refractivity contribution is 0.372. The average molecular weight is 198 g/mol. The molecule has 5 nitrogen and oxygen atoms in total. The molecule has 14 heavy (non-hydrogen) atoms. The van der Waals surface area contributed by atoms with Gasteiger partial charge in [0.15, 0.2) is 0 Å². The highest BCUT2D eigenvalue weighted by Gasteiger charge is 2.07. The summed E-state index contributed by atoms with van der Waals surface area (Å²) in [5, 5.41) is 3.82. The van der Waals surface area contributed by atoms with E-state index in [1.165, 1.54) is 0 Å². The summed E-state index contributed by atoms with van der Waals surface area (Å²) >= 11 is 0. The molecule has 0 saturated heterocycles. The van der Waals surface area contributed by atoms with E-state index in [0.717, 1.165) is 19.3 Å². The normalized spacial score (nSPS) is 12.9. The molecule has 0 fully saturated rings. The van der Waals surface area contributed by atoms with Gasteiger partial charge in [0.1, 0.15) is 0 Å². The van der Waals surface area contributed by atoms with Crippen molar-refractivity contribution in [1.82, 2.24) is 10.1 Å². The summed E-state index contributed by atoms with van der Waals surface area (Å²) in [6, 6.07) is 0.242. The monoisotopic (exact) mass is 198 g/mol. The first-order valence-corrected chi connectivity index (χ1v) is 4.85. The van der Waals surface area contributed by atoms with Gasteiger partial charge in [-0.2, -0.15) is 4.98 Å². The molecule has 80 valence electrons. The largest absolute Gasteiger partial charge is 0.344 e. The van der Waals surface area contributed by atoms with Crippen LogP contribution in [0, 0.1) is 0 Å². The maximum Gasteiger partial charge on any atom is 0.265 e. The van der Waals surface area contributed by atoms with E-state index in [0.29, 0.717) is 11.8 Å². The lowest BCUT2D eigenvalue weighted by Gasteiger charge is -2.02. The summed E-state index contributed by atoms with van der Waals surface area (Å²) in [5.41, 5.74) is 5.64. The molecule has 0 spiro atoms. The Bertz CT molecular complexity index is 270. The van der Waals surface area contributed by atoms with Crippen molar-refractivity contribution in [2.75, 3.05) is 19.0 Å². The number of hydrogen-bond acceptors (Lipinski definition) is 5. The van der Waals surface area contributed by atoms with Gasteiger partial charge in [0, 0.05) is 26.6 Å². The molecule has 1 heterocycles. The molecule has 0 saturated carbocycles. The van der Waals surface area contributed by atoms with E-state index in [2.05, 4.69) is 10.1 Å². The summed E-state index contributed by atoms with van der Waals surface area (Å²) < 4.78 is 5.06. The minimum Gasteiger partial charge on any atom is -0.344 e. The molecule has 2 N–H and O–H groups in total. The Morgan fingerprint density at radius 3 is 2.71 bits per heavy atom. The summed E-state index contributed by atoms with van der Waals surface area (Å²) in [6.45, 7) is 2.00. The van der Waals surface area contributed by atoms with Crippen LogP contribution in [0.25, 0.3) is 0 Å². The van der Waals surface area contributed by atoms with Crippen LogP contribution in [-0.2, 0) is 6.42 Å². The highest BCUT2D eigenvalue weighted by Crippen LogP contribution is 2.08. The summed E-state index contributed by atoms with van der Waals surface area (Å²) in [6.07, 6.45) is 2.79. The highest BCUT2D eigenvalue weighted by atomic mass is 16.5. The summed E-state index contributed by atoms with van der Waals surface area (Å²) in [5.74, 6) is 1.31. The van der Waals surface area contributed by atoms with E-state index < -0.39 is 0 Å². The first-order chi connectivity index (χ1) is 6.59. The summed E-state index contributed by atoms with van der Waals surface area (Å²) in [4.78, 5) is 6.03. The zero-order valence-corrected chi connectivity index (χ0v) is 9.03. The zero-order valence-electron chi connectivity index (χ0n) is 9.03. The maximum absolute atomic E-state index is 5.64. The van der Waals surface area contributed by atoms with Crippen molar-refractivity contribution in [2.45, 2.75) is 32.2 Å². The van der Waals surface area contributed by atoms with Crippen LogP contribution in [0.15, 0.2) is 4.52 Å². The topological polar surface area (TPSA) is 68.2 Å². The van der Waals surface area contributed by atoms with Gasteiger partial charge in [-0.15, -0.1) is 0 Å². The van der Waals surface area contributed by atoms with Crippen molar-refractivity contribution in [2.24, 2.45) is 5.73 Å². The van der Waals surface area contributed by atoms with Crippen molar-refractivity contribution in [3.05, 3.63) is 5.89 Å². The molecule has 1 aromatic rings. The minimum atomic E-state index is 0.242. The Morgan fingerprint density at radius 2 is 2.21 bits per heavy atom. The molecule has 1 aromatic heterocycles. The predicted octanol–water partition coefficient (Wildman–Crippen LogP) is 0.805. The van der Waals surface area contributed by atoms with Crippen LogP contribution >= 0.6 is 0 Å². The van der Waals surface area contributed by atoms with Gasteiger partial charge in [0.25, 0.3) is 5.95 Å². The number of nitrogens with zero attached hydrogens (tertiary/aromatic N) is 3. The molecule has 1 atom stereocenters. The minimum absolute atomic E-state index is 0.242. The molecule has 1 rings (SSSR count). The number of nitrogens with two attached hydrogens (primary N) is 1. The van der Waals surface area contributed by atoms with Gasteiger partial charge >= 0.3 is 0 Å². The Kier molecular flexibility index (Phi) is 3.88. The molecule has 0 aliphatic rings. The number of hydrogen-bond donors (Lipinski definition) is 1. The van der Waals surface area contributed by atoms with Gasteiger partial charge in [-0.1, -0.05) is 0 Å². The number of aromatic nitrogens is 2. The van der Waals surface area contributed by atoms with Crippen molar-refractivity contribution in [3.63, 3.8) is 0 Å². The van der Waals surface area contributed by atoms with E-state index in [-0.39, 0.29) is 6.04 Å². The average Bonchev–Trinajstić information content (AvgIpc) is 2.52. The van der Waals surface area contributed by atoms with E-state index in [4.69, 9.17) is 10.3 Å². The van der Waals surface area contributed by atoms with Crippen molar-refractivity contribution >= 4 is 5.95 Å². The van der Waals surface area contributed by atoms with Crippen LogP contribution in [0.2, 0.25) is 0 Å². The van der Waals surface area contributed by atoms with E-state index in [1.807, 2.05) is 25.9 Å². The molecular weight excluding hydrogens is 180 g/mol. The predicted molar refractivity (Wildman–Crippen MR) is 55.2 cm³/mol. The van der Waals surface area contributed by atoms with Crippen molar-refractivity contribution in [3.8, 4) is 0 Å². The maximum atomic E-state index is 5.64. The van der Waals surface area contributed by atoms with E-state index in [1.54, 1.807) is 0 Å². The molecule has 0 aliphatic heterocycles. The van der Waals surface area contributed by atoms with Crippen LogP contribution in [0.5, 0.6) is 0 Å². The van der Waals surface area contributed by atoms with Gasteiger partial charge < -0.3 is 15.2 Å². The van der Waals surface area contributed by atoms with E-state index in [9.17, 15) is 0 Å². The molecule has 0 amide bonds. The second-order valence-corrected chi connectivity index (χ2v) is 3.75. The van der Waals surface area contributed by atoms with Crippen molar-refractivity contribution < 1.29 is 4.52 Å². The van der Waals surface area contributed by atoms with Gasteiger partial charge in [-0.3, -0.25) is 0 Å². The lowest BCUT2D eigenvalue weighted by Crippen LogP contribution is -2.14. The molecular formula is C9H18N4O. The van der Waals surface area contributed by atoms with Crippen LogP contribution in [0.4, 0.5) is 5.95 Å². The van der Waals surface area contributed by atoms with Gasteiger partial charge in [-0.25, -0.2) is 0 Å². The van der Waals surface area contributed by atoms with Gasteiger partial charge in [0.2, 0.25) is 5.89 Å². The zero-order chi connectivity index (χ0) is 10.6. The quantitative estimate of drug-likeness (QED) is 0.758. The Labute approximate surface area is 84.3 Å². The van der Waals surface area contributed by atoms with Crippen LogP contribution < -0.4 is 10.6 Å². The fourth-order valence-corrected chi connectivity index (χ4v) is 1.10. The SMILES string of the molecule is CC(N)CCCc1nc(N(C)C)no1. The lowest BCUT2D eigenvalue weighted by atomic mass is 10.1. The fourth-order valence-electron chi connectivity index (χ4n) is 1.10. The first kappa shape index (κ1) is 11.0. The molecule has 0 aliphatic carbocycles. The second kappa shape index (κ2) is 4.95. The molecule has 0 radical (unpaired) electrons. The fraction of sp³-hybridized carbons (Fsp3) is 0.778. The van der Waals surface area contributed by atoms with Gasteiger partial charge in [0.05, 0.1) is 0 Å². The third kappa shape index (κ3) is 3.33. The molecule has 0 bridgehead atoms. The number of aryl methyl sites for hydroxylation is 1. The standard InChI is InChI=1S/C9H18N4O/c1-7(10)5-4-6-8-11-9(12-14-8)13(2)3/h7H,4-6,10H2,1-3H3. The Hall–Kier alpha value is -1.10. The smallest absolute Gasteiger partial charge is 0.265 e. The summed E-state index contributed by atoms with van der Waals surface area (Å²) in [7, 11) is 3.77. The van der Waals surface area contributed by atoms with Crippen LogP contribution in [0.1, 0.15) is 25.7 Å². The molecule has 0 aromatic carbocycles. The highest BCUT2D eigenvalue weighted by molar-refractivity contribution is 5.23. The van der Waals surface area contributed by atoms with Crippen LogP contribution in [0.3, 0.4) is 0 Å². The van der Waals surface area contributed by atoms with E-state index >= 15 is 0 Å². The number of anilines is 1. The Balaban J connectivity index is 2.36. The third-order valence-corrected chi connectivity index (χ3v) is 1.91. The van der Waals surface area contributed by atoms with Crippen molar-refractivity contribution in [1.29, 1.82) is 0 Å². The molecule has 5 heteroatoms. The first-order valence-electron chi connectivity index (χ1n) is 4.85. The number of rotatable bonds is 5. The second-order valence-electron chi connectivity index (χ2n) is 3.75. The Morgan fingerprint density at radius 1 is 1.50 bits per heavy atom. The molecule has 1 unspecified atom stereocenters.